The van der Waals surface area contributed by atoms with Crippen LogP contribution < -0.4 is 0 Å². The van der Waals surface area contributed by atoms with E-state index in [1.807, 2.05) is 19.0 Å². The van der Waals surface area contributed by atoms with Gasteiger partial charge in [-0.3, -0.25) is 9.35 Å². The van der Waals surface area contributed by atoms with Crippen molar-refractivity contribution in [3.8, 4) is 0 Å². The molecule has 2 N–H and O–H groups in total. The van der Waals surface area contributed by atoms with Crippen molar-refractivity contribution in [1.82, 2.24) is 9.80 Å². The fourth-order valence-corrected chi connectivity index (χ4v) is 10.3. The van der Waals surface area contributed by atoms with Gasteiger partial charge in [-0.25, -0.2) is 0 Å². The van der Waals surface area contributed by atoms with Crippen molar-refractivity contribution < 1.29 is 22.9 Å². The Hall–Kier alpha value is -0.700. The van der Waals surface area contributed by atoms with Gasteiger partial charge in [0.05, 0.1) is 11.9 Å². The summed E-state index contributed by atoms with van der Waals surface area (Å²) in [6, 6.07) is 0. The molecule has 4 rings (SSSR count). The van der Waals surface area contributed by atoms with Crippen molar-refractivity contribution in [2.75, 3.05) is 39.5 Å². The Kier molecular flexibility index (Phi) is 9.28. The molecule has 220 valence electrons. The molecular formula is C30H54N2O5S. The Morgan fingerprint density at radius 3 is 2.32 bits per heavy atom. The maximum absolute atomic E-state index is 13.1. The first-order valence-electron chi connectivity index (χ1n) is 15.3. The van der Waals surface area contributed by atoms with E-state index < -0.39 is 15.9 Å². The fraction of sp³-hybridized carbons (Fsp3) is 0.967. The minimum atomic E-state index is -4.10. The Bertz CT molecular complexity index is 941. The van der Waals surface area contributed by atoms with Gasteiger partial charge in [0.25, 0.3) is 10.1 Å². The van der Waals surface area contributed by atoms with Crippen molar-refractivity contribution >= 4 is 16.0 Å². The molecule has 4 fully saturated rings. The molecule has 0 aromatic carbocycles. The number of hydrogen-bond acceptors (Lipinski definition) is 5. The van der Waals surface area contributed by atoms with Crippen molar-refractivity contribution in [2.45, 2.75) is 97.5 Å². The number of likely N-dealkylation sites (N-methyl/N-ethyl adjacent to an activating group) is 1. The number of amides is 1. The Balaban J connectivity index is 1.37. The number of rotatable bonds is 10. The van der Waals surface area contributed by atoms with Crippen LogP contribution in [-0.2, 0) is 14.9 Å². The van der Waals surface area contributed by atoms with E-state index in [1.165, 1.54) is 44.9 Å². The molecule has 7 nitrogen and oxygen atoms in total. The molecule has 4 saturated carbocycles. The highest BCUT2D eigenvalue weighted by Crippen LogP contribution is 2.68. The third-order valence-electron chi connectivity index (χ3n) is 12.0. The minimum absolute atomic E-state index is 0.00325. The van der Waals surface area contributed by atoms with Gasteiger partial charge in [-0.15, -0.1) is 0 Å². The molecule has 0 spiro atoms. The van der Waals surface area contributed by atoms with E-state index in [2.05, 4.69) is 20.8 Å². The number of carbonyl (C=O) groups is 1. The highest BCUT2D eigenvalue weighted by Gasteiger charge is 2.60. The normalized spacial score (nSPS) is 39.8. The minimum Gasteiger partial charge on any atom is -0.393 e. The van der Waals surface area contributed by atoms with Gasteiger partial charge in [-0.2, -0.15) is 8.42 Å². The maximum atomic E-state index is 13.1. The average molecular weight is 555 g/mol. The van der Waals surface area contributed by atoms with E-state index in [1.54, 1.807) is 4.90 Å². The van der Waals surface area contributed by atoms with E-state index in [0.717, 1.165) is 37.0 Å². The van der Waals surface area contributed by atoms with Crippen LogP contribution in [0.1, 0.15) is 91.4 Å². The summed E-state index contributed by atoms with van der Waals surface area (Å²) in [6.07, 6.45) is 12.1. The number of carbonyl (C=O) groups excluding carboxylic acids is 1. The van der Waals surface area contributed by atoms with Crippen molar-refractivity contribution in [2.24, 2.45) is 46.3 Å². The third kappa shape index (κ3) is 6.28. The molecule has 0 saturated heterocycles. The smallest absolute Gasteiger partial charge is 0.266 e. The predicted octanol–water partition coefficient (Wildman–Crippen LogP) is 4.70. The lowest BCUT2D eigenvalue weighted by molar-refractivity contribution is -0.133. The Morgan fingerprint density at radius 2 is 1.63 bits per heavy atom. The first-order chi connectivity index (χ1) is 17.7. The quantitative estimate of drug-likeness (QED) is 0.380. The first-order valence-corrected chi connectivity index (χ1v) is 16.9. The van der Waals surface area contributed by atoms with Crippen LogP contribution >= 0.6 is 0 Å². The van der Waals surface area contributed by atoms with Crippen LogP contribution in [0.2, 0.25) is 0 Å². The zero-order valence-corrected chi connectivity index (χ0v) is 25.4. The topological polar surface area (TPSA) is 98.2 Å². The van der Waals surface area contributed by atoms with E-state index in [0.29, 0.717) is 48.1 Å². The average Bonchev–Trinajstić information content (AvgIpc) is 3.19. The van der Waals surface area contributed by atoms with Gasteiger partial charge in [0.2, 0.25) is 5.91 Å². The number of aliphatic hydroxyl groups excluding tert-OH is 1. The summed E-state index contributed by atoms with van der Waals surface area (Å²) in [4.78, 5) is 16.7. The second kappa shape index (κ2) is 11.7. The number of fused-ring (bicyclic) bond motifs is 5. The van der Waals surface area contributed by atoms with Gasteiger partial charge >= 0.3 is 0 Å². The SMILES string of the molecule is C[C@H](CCC(=O)N(CCN(C)C)CCS(=O)(=O)O)[C@H]1CC[C@H]2[C@@H]3CC[C@@H]4C[C@H](O)CC[C@]4(C)[C@H]3CC[C@]12C. The summed E-state index contributed by atoms with van der Waals surface area (Å²) in [5.74, 6) is 3.76. The predicted molar refractivity (Wildman–Crippen MR) is 151 cm³/mol. The largest absolute Gasteiger partial charge is 0.393 e. The molecule has 1 amide bonds. The van der Waals surface area contributed by atoms with Gasteiger partial charge in [0.1, 0.15) is 0 Å². The lowest BCUT2D eigenvalue weighted by atomic mass is 9.44. The van der Waals surface area contributed by atoms with Crippen LogP contribution in [0.4, 0.5) is 0 Å². The Morgan fingerprint density at radius 1 is 0.947 bits per heavy atom. The molecule has 0 aromatic heterocycles. The second-order valence-corrected chi connectivity index (χ2v) is 15.9. The molecule has 4 aliphatic rings. The van der Waals surface area contributed by atoms with E-state index in [-0.39, 0.29) is 18.6 Å². The molecule has 0 aromatic rings. The molecule has 9 atom stereocenters. The van der Waals surface area contributed by atoms with Crippen LogP contribution in [0.3, 0.4) is 0 Å². The van der Waals surface area contributed by atoms with Crippen LogP contribution in [0.25, 0.3) is 0 Å². The van der Waals surface area contributed by atoms with E-state index in [9.17, 15) is 22.9 Å². The van der Waals surface area contributed by atoms with Crippen LogP contribution in [0.15, 0.2) is 0 Å². The highest BCUT2D eigenvalue weighted by atomic mass is 32.2. The molecule has 0 heterocycles. The standard InChI is InChI=1S/C30H54N2O5S/c1-21(6-11-28(34)32(17-16-31(4)5)18-19-38(35,36)37)25-9-10-26-24-8-7-22-20-23(33)12-14-29(22,2)27(24)13-15-30(25,26)3/h21-27,33H,6-20H2,1-5H3,(H,35,36,37)/t21-,22-,23-,24+,25-,26+,27+,29+,30-/m1/s1. The van der Waals surface area contributed by atoms with Gasteiger partial charge < -0.3 is 14.9 Å². The van der Waals surface area contributed by atoms with Gasteiger partial charge in [0, 0.05) is 26.1 Å². The Labute approximate surface area is 231 Å². The maximum Gasteiger partial charge on any atom is 0.266 e. The van der Waals surface area contributed by atoms with E-state index in [4.69, 9.17) is 0 Å². The number of nitrogens with zero attached hydrogens (tertiary/aromatic N) is 2. The van der Waals surface area contributed by atoms with E-state index >= 15 is 0 Å². The highest BCUT2D eigenvalue weighted by molar-refractivity contribution is 7.85. The van der Waals surface area contributed by atoms with Crippen molar-refractivity contribution in [3.63, 3.8) is 0 Å². The van der Waals surface area contributed by atoms with Gasteiger partial charge in [-0.1, -0.05) is 20.8 Å². The molecule has 0 bridgehead atoms. The first kappa shape index (κ1) is 30.3. The third-order valence-corrected chi connectivity index (χ3v) is 12.7. The summed E-state index contributed by atoms with van der Waals surface area (Å²) >= 11 is 0. The zero-order valence-electron chi connectivity index (χ0n) is 24.6. The molecule has 4 aliphatic carbocycles. The fourth-order valence-electron chi connectivity index (χ4n) is 9.83. The van der Waals surface area contributed by atoms with Crippen LogP contribution in [-0.4, -0.2) is 79.4 Å². The molecule has 0 radical (unpaired) electrons. The van der Waals surface area contributed by atoms with Gasteiger partial charge in [0.15, 0.2) is 0 Å². The van der Waals surface area contributed by atoms with Crippen LogP contribution in [0, 0.1) is 46.3 Å². The van der Waals surface area contributed by atoms with Crippen LogP contribution in [0.5, 0.6) is 0 Å². The second-order valence-electron chi connectivity index (χ2n) is 14.3. The van der Waals surface area contributed by atoms with Crippen molar-refractivity contribution in [3.05, 3.63) is 0 Å². The van der Waals surface area contributed by atoms with Crippen molar-refractivity contribution in [1.29, 1.82) is 0 Å². The monoisotopic (exact) mass is 554 g/mol. The molecule has 38 heavy (non-hydrogen) atoms. The summed E-state index contributed by atoms with van der Waals surface area (Å²) in [7, 11) is -0.233. The number of aliphatic hydroxyl groups is 1. The summed E-state index contributed by atoms with van der Waals surface area (Å²) in [5.41, 5.74) is 0.744. The lowest BCUT2D eigenvalue weighted by Crippen LogP contribution is -2.54. The molecule has 0 aliphatic heterocycles. The number of hydrogen-bond donors (Lipinski definition) is 2. The molecule has 8 heteroatoms. The summed E-state index contributed by atoms with van der Waals surface area (Å²) in [6.45, 7) is 8.62. The lowest BCUT2D eigenvalue weighted by Gasteiger charge is -2.61. The zero-order chi connectivity index (χ0) is 27.9. The van der Waals surface area contributed by atoms with Gasteiger partial charge in [-0.05, 0) is 125 Å². The molecular weight excluding hydrogens is 500 g/mol. The summed E-state index contributed by atoms with van der Waals surface area (Å²) in [5, 5.41) is 10.3. The molecule has 0 unspecified atom stereocenters. The summed E-state index contributed by atoms with van der Waals surface area (Å²) < 4.78 is 31.8.